The number of hydrogen-bond acceptors (Lipinski definition) is 4. The van der Waals surface area contributed by atoms with Crippen molar-refractivity contribution in [2.75, 3.05) is 5.32 Å². The van der Waals surface area contributed by atoms with E-state index in [-0.39, 0.29) is 42.9 Å². The number of carbonyl (C=O) groups excluding carboxylic acids is 4. The van der Waals surface area contributed by atoms with Gasteiger partial charge in [0.15, 0.2) is 0 Å². The summed E-state index contributed by atoms with van der Waals surface area (Å²) in [5.74, 6) is -0.981. The van der Waals surface area contributed by atoms with Crippen molar-refractivity contribution >= 4 is 29.4 Å². The molecule has 5 amide bonds. The van der Waals surface area contributed by atoms with E-state index in [0.29, 0.717) is 17.7 Å². The van der Waals surface area contributed by atoms with Crippen LogP contribution in [-0.4, -0.2) is 39.6 Å². The highest BCUT2D eigenvalue weighted by atomic mass is 16.2. The molecule has 3 unspecified atom stereocenters. The molecule has 3 atom stereocenters. The average molecular weight is 428 g/mol. The first kappa shape index (κ1) is 18.8. The molecule has 160 valence electrons. The lowest BCUT2D eigenvalue weighted by Crippen LogP contribution is -2.52. The number of amides is 5. The van der Waals surface area contributed by atoms with Crippen molar-refractivity contribution in [1.82, 2.24) is 15.1 Å². The largest absolute Gasteiger partial charge is 0.323 e. The number of hydrogen-bond donors (Lipinski definition) is 2. The molecule has 6 rings (SSSR count). The third-order valence-electron chi connectivity index (χ3n) is 6.72. The number of piperidine rings is 1. The summed E-state index contributed by atoms with van der Waals surface area (Å²) in [6.45, 7) is 0.270. The van der Waals surface area contributed by atoms with Crippen LogP contribution in [0, 0.1) is 0 Å². The number of nitrogens with zero attached hydrogens (tertiary/aromatic N) is 2. The Balaban J connectivity index is 1.19. The minimum atomic E-state index is -0.657. The summed E-state index contributed by atoms with van der Waals surface area (Å²) in [7, 11) is 0. The van der Waals surface area contributed by atoms with Gasteiger partial charge >= 0.3 is 6.03 Å². The van der Waals surface area contributed by atoms with Crippen LogP contribution in [0.4, 0.5) is 10.5 Å². The second-order valence-corrected chi connectivity index (χ2v) is 8.51. The molecule has 4 heterocycles. The molecule has 32 heavy (non-hydrogen) atoms. The molecule has 8 heteroatoms. The fraction of sp³-hybridized carbons (Fsp3) is 0.250. The lowest BCUT2D eigenvalue weighted by atomic mass is 9.97. The summed E-state index contributed by atoms with van der Waals surface area (Å²) >= 11 is 0. The lowest BCUT2D eigenvalue weighted by Gasteiger charge is -2.29. The van der Waals surface area contributed by atoms with E-state index in [2.05, 4.69) is 10.6 Å². The Kier molecular flexibility index (Phi) is 3.98. The van der Waals surface area contributed by atoms with Crippen LogP contribution in [-0.2, 0) is 16.1 Å². The minimum absolute atomic E-state index is 0.0739. The van der Waals surface area contributed by atoms with Crippen LogP contribution in [0.15, 0.2) is 54.6 Å². The number of fused-ring (bicyclic) bond motifs is 6. The third-order valence-corrected chi connectivity index (χ3v) is 6.72. The molecule has 0 spiro atoms. The first-order chi connectivity index (χ1) is 15.5. The fourth-order valence-electron chi connectivity index (χ4n) is 5.22. The topological polar surface area (TPSA) is 98.8 Å². The summed E-state index contributed by atoms with van der Waals surface area (Å²) in [5, 5.41) is 5.27. The van der Waals surface area contributed by atoms with Crippen molar-refractivity contribution in [2.24, 2.45) is 0 Å². The van der Waals surface area contributed by atoms with Crippen molar-refractivity contribution in [3.05, 3.63) is 76.9 Å². The first-order valence-corrected chi connectivity index (χ1v) is 10.7. The van der Waals surface area contributed by atoms with Crippen LogP contribution >= 0.6 is 0 Å². The molecule has 1 saturated heterocycles. The van der Waals surface area contributed by atoms with E-state index in [9.17, 15) is 19.2 Å². The summed E-state index contributed by atoms with van der Waals surface area (Å²) in [6.07, 6.45) is 4.63. The molecule has 0 saturated carbocycles. The number of nitrogens with one attached hydrogen (secondary N) is 2. The molecule has 4 aliphatic heterocycles. The Morgan fingerprint density at radius 1 is 1.00 bits per heavy atom. The molecule has 2 aromatic carbocycles. The van der Waals surface area contributed by atoms with E-state index in [1.54, 1.807) is 18.2 Å². The summed E-state index contributed by atoms with van der Waals surface area (Å²) in [5.41, 5.74) is 4.16. The molecular formula is C24H20N4O4. The molecule has 2 bridgehead atoms. The van der Waals surface area contributed by atoms with Crippen molar-refractivity contribution in [3.8, 4) is 0 Å². The predicted molar refractivity (Wildman–Crippen MR) is 114 cm³/mol. The van der Waals surface area contributed by atoms with Gasteiger partial charge in [0.2, 0.25) is 11.8 Å². The van der Waals surface area contributed by atoms with Crippen molar-refractivity contribution < 1.29 is 19.2 Å². The highest BCUT2D eigenvalue weighted by molar-refractivity contribution is 6.05. The number of imide groups is 1. The zero-order valence-electron chi connectivity index (χ0n) is 17.1. The molecule has 0 radical (unpaired) electrons. The molecule has 2 aromatic rings. The van der Waals surface area contributed by atoms with Gasteiger partial charge < -0.3 is 15.1 Å². The van der Waals surface area contributed by atoms with Gasteiger partial charge in [0.05, 0.1) is 12.1 Å². The second kappa shape index (κ2) is 6.78. The Morgan fingerprint density at radius 3 is 2.41 bits per heavy atom. The third kappa shape index (κ3) is 2.69. The van der Waals surface area contributed by atoms with Crippen LogP contribution in [0.25, 0.3) is 0 Å². The van der Waals surface area contributed by atoms with Crippen molar-refractivity contribution in [3.63, 3.8) is 0 Å². The zero-order valence-corrected chi connectivity index (χ0v) is 17.1. The maximum atomic E-state index is 13.1. The summed E-state index contributed by atoms with van der Waals surface area (Å²) < 4.78 is 0. The van der Waals surface area contributed by atoms with Crippen molar-refractivity contribution in [2.45, 2.75) is 37.5 Å². The molecule has 2 N–H and O–H groups in total. The lowest BCUT2D eigenvalue weighted by molar-refractivity contribution is -0.136. The average Bonchev–Trinajstić information content (AvgIpc) is 3.45. The van der Waals surface area contributed by atoms with Gasteiger partial charge in [0.25, 0.3) is 5.91 Å². The number of benzene rings is 2. The monoisotopic (exact) mass is 428 g/mol. The number of urea groups is 1. The van der Waals surface area contributed by atoms with Crippen LogP contribution in [0.3, 0.4) is 0 Å². The number of carbonyl (C=O) groups is 4. The minimum Gasteiger partial charge on any atom is -0.322 e. The van der Waals surface area contributed by atoms with Crippen LogP contribution in [0.1, 0.15) is 52.0 Å². The van der Waals surface area contributed by atoms with Gasteiger partial charge in [-0.3, -0.25) is 19.7 Å². The first-order valence-electron chi connectivity index (χ1n) is 10.7. The smallest absolute Gasteiger partial charge is 0.322 e. The van der Waals surface area contributed by atoms with Gasteiger partial charge in [-0.2, -0.15) is 0 Å². The van der Waals surface area contributed by atoms with E-state index < -0.39 is 11.9 Å². The van der Waals surface area contributed by atoms with Gasteiger partial charge in [0, 0.05) is 24.2 Å². The fourth-order valence-corrected chi connectivity index (χ4v) is 5.22. The van der Waals surface area contributed by atoms with E-state index in [1.807, 2.05) is 41.3 Å². The van der Waals surface area contributed by atoms with Gasteiger partial charge in [-0.25, -0.2) is 4.79 Å². The van der Waals surface area contributed by atoms with Gasteiger partial charge in [-0.1, -0.05) is 36.4 Å². The number of rotatable bonds is 2. The Labute approximate surface area is 183 Å². The Bertz CT molecular complexity index is 1200. The van der Waals surface area contributed by atoms with E-state index >= 15 is 0 Å². The second-order valence-electron chi connectivity index (χ2n) is 8.51. The highest BCUT2D eigenvalue weighted by Gasteiger charge is 2.43. The SMILES string of the molecule is O=C1CCC(N2Cc3cc(NC(=O)N4C5C=CC4c4ccccc45)ccc3C2=O)C(=O)N1. The standard InChI is InChI=1S/C24H20N4O4/c29-21-10-9-20(22(30)26-21)27-12-13-11-14(5-6-15(13)23(27)31)25-24(32)28-18-7-8-19(28)17-4-2-1-3-16(17)18/h1-8,11,18-20H,9-10,12H2,(H,25,32)(H,26,29,30). The molecule has 0 aromatic heterocycles. The van der Waals surface area contributed by atoms with Crippen LogP contribution in [0.5, 0.6) is 0 Å². The predicted octanol–water partition coefficient (Wildman–Crippen LogP) is 2.65. The summed E-state index contributed by atoms with van der Waals surface area (Å²) in [4.78, 5) is 52.9. The van der Waals surface area contributed by atoms with Gasteiger partial charge in [-0.15, -0.1) is 0 Å². The molecular weight excluding hydrogens is 408 g/mol. The number of anilines is 1. The van der Waals surface area contributed by atoms with E-state index in [0.717, 1.165) is 16.7 Å². The Hall–Kier alpha value is -3.94. The maximum absolute atomic E-state index is 13.1. The Morgan fingerprint density at radius 2 is 1.72 bits per heavy atom. The zero-order chi connectivity index (χ0) is 22.0. The highest BCUT2D eigenvalue weighted by Crippen LogP contribution is 2.48. The van der Waals surface area contributed by atoms with Crippen molar-refractivity contribution in [1.29, 1.82) is 0 Å². The molecule has 0 aliphatic carbocycles. The quantitative estimate of drug-likeness (QED) is 0.568. The molecule has 8 nitrogen and oxygen atoms in total. The molecule has 4 aliphatic rings. The van der Waals surface area contributed by atoms with Crippen LogP contribution in [0.2, 0.25) is 0 Å². The molecule has 1 fully saturated rings. The maximum Gasteiger partial charge on any atom is 0.323 e. The van der Waals surface area contributed by atoms with E-state index in [4.69, 9.17) is 0 Å². The normalized spacial score (nSPS) is 25.1. The van der Waals surface area contributed by atoms with Gasteiger partial charge in [-0.05, 0) is 41.3 Å². The summed E-state index contributed by atoms with van der Waals surface area (Å²) in [6, 6.07) is 12.2. The van der Waals surface area contributed by atoms with E-state index in [1.165, 1.54) is 4.90 Å². The van der Waals surface area contributed by atoms with Crippen LogP contribution < -0.4 is 10.6 Å². The van der Waals surface area contributed by atoms with Gasteiger partial charge in [0.1, 0.15) is 6.04 Å².